The highest BCUT2D eigenvalue weighted by Crippen LogP contribution is 2.07. The number of nitrogen functional groups attached to an aromatic ring is 1. The van der Waals surface area contributed by atoms with Crippen molar-refractivity contribution in [3.8, 4) is 0 Å². The van der Waals surface area contributed by atoms with E-state index in [4.69, 9.17) is 5.73 Å². The maximum Gasteiger partial charge on any atom is 0.233 e. The van der Waals surface area contributed by atoms with E-state index in [1.54, 1.807) is 48.5 Å². The Balaban J connectivity index is 0.000000229. The first-order chi connectivity index (χ1) is 11.2. The van der Waals surface area contributed by atoms with E-state index in [1.807, 2.05) is 42.5 Å². The highest BCUT2D eigenvalue weighted by Gasteiger charge is 2.16. The van der Waals surface area contributed by atoms with E-state index in [0.717, 1.165) is 5.69 Å². The molecule has 0 aliphatic carbocycles. The third kappa shape index (κ3) is 4.93. The fraction of sp³-hybridized carbons (Fsp3) is 0. The highest BCUT2D eigenvalue weighted by molar-refractivity contribution is 6.49. The van der Waals surface area contributed by atoms with Gasteiger partial charge < -0.3 is 5.73 Å². The smallest absolute Gasteiger partial charge is 0.233 e. The fourth-order valence-electron chi connectivity index (χ4n) is 1.89. The van der Waals surface area contributed by atoms with Crippen LogP contribution in [0.15, 0.2) is 91.0 Å². The Kier molecular flexibility index (Phi) is 5.83. The van der Waals surface area contributed by atoms with Gasteiger partial charge >= 0.3 is 0 Å². The second-order valence-corrected chi connectivity index (χ2v) is 4.80. The summed E-state index contributed by atoms with van der Waals surface area (Å²) in [6.45, 7) is 0. The van der Waals surface area contributed by atoms with Gasteiger partial charge in [-0.2, -0.15) is 0 Å². The number of carbonyl (C=O) groups excluding carboxylic acids is 2. The predicted octanol–water partition coefficient (Wildman–Crippen LogP) is 4.02. The lowest BCUT2D eigenvalue weighted by molar-refractivity contribution is 0.0817. The standard InChI is InChI=1S/C14H10O2.C6H7N/c15-13(11-7-3-1-4-8-11)14(16)12-9-5-2-6-10-12;7-6-4-2-1-3-5-6/h1-10H;1-5H,7H2. The number of rotatable bonds is 3. The van der Waals surface area contributed by atoms with Crippen molar-refractivity contribution in [3.05, 3.63) is 102 Å². The monoisotopic (exact) mass is 303 g/mol. The molecule has 0 bridgehead atoms. The molecule has 2 N–H and O–H groups in total. The molecule has 0 spiro atoms. The third-order valence-electron chi connectivity index (χ3n) is 3.08. The number of benzene rings is 3. The second-order valence-electron chi connectivity index (χ2n) is 4.80. The molecule has 0 aliphatic rings. The maximum atomic E-state index is 11.8. The summed E-state index contributed by atoms with van der Waals surface area (Å²) in [5, 5.41) is 0. The zero-order valence-electron chi connectivity index (χ0n) is 12.6. The minimum absolute atomic E-state index is 0.427. The van der Waals surface area contributed by atoms with E-state index in [1.165, 1.54) is 0 Å². The number of carbonyl (C=O) groups is 2. The summed E-state index contributed by atoms with van der Waals surface area (Å²) in [5.41, 5.74) is 7.03. The van der Waals surface area contributed by atoms with Gasteiger partial charge in [-0.15, -0.1) is 0 Å². The molecule has 3 aromatic rings. The minimum Gasteiger partial charge on any atom is -0.399 e. The van der Waals surface area contributed by atoms with Crippen molar-refractivity contribution in [2.45, 2.75) is 0 Å². The van der Waals surface area contributed by atoms with Crippen LogP contribution in [-0.2, 0) is 0 Å². The molecule has 3 aromatic carbocycles. The molecule has 114 valence electrons. The van der Waals surface area contributed by atoms with Crippen LogP contribution in [0.4, 0.5) is 5.69 Å². The summed E-state index contributed by atoms with van der Waals surface area (Å²) < 4.78 is 0. The third-order valence-corrected chi connectivity index (χ3v) is 3.08. The Morgan fingerprint density at radius 3 is 1.09 bits per heavy atom. The number of Topliss-reactive ketones (excluding diaryl/α,β-unsaturated/α-hetero) is 2. The van der Waals surface area contributed by atoms with Gasteiger partial charge in [0.2, 0.25) is 11.6 Å². The predicted molar refractivity (Wildman–Crippen MR) is 92.4 cm³/mol. The van der Waals surface area contributed by atoms with Crippen LogP contribution in [0.25, 0.3) is 0 Å². The topological polar surface area (TPSA) is 60.2 Å². The lowest BCUT2D eigenvalue weighted by atomic mass is 10.0. The first kappa shape index (κ1) is 16.2. The van der Waals surface area contributed by atoms with Gasteiger partial charge in [-0.05, 0) is 12.1 Å². The van der Waals surface area contributed by atoms with E-state index in [-0.39, 0.29) is 0 Å². The van der Waals surface area contributed by atoms with E-state index in [9.17, 15) is 9.59 Å². The second kappa shape index (κ2) is 8.29. The first-order valence-electron chi connectivity index (χ1n) is 7.18. The Hall–Kier alpha value is -3.20. The van der Waals surface area contributed by atoms with Crippen molar-refractivity contribution in [1.82, 2.24) is 0 Å². The molecule has 3 rings (SSSR count). The van der Waals surface area contributed by atoms with Crippen LogP contribution >= 0.6 is 0 Å². The molecule has 0 amide bonds. The largest absolute Gasteiger partial charge is 0.399 e. The van der Waals surface area contributed by atoms with Crippen molar-refractivity contribution >= 4 is 17.3 Å². The van der Waals surface area contributed by atoms with Crippen molar-refractivity contribution in [2.24, 2.45) is 0 Å². The van der Waals surface area contributed by atoms with Crippen LogP contribution in [0.2, 0.25) is 0 Å². The molecular formula is C20H17NO2. The first-order valence-corrected chi connectivity index (χ1v) is 7.18. The van der Waals surface area contributed by atoms with Crippen molar-refractivity contribution < 1.29 is 9.59 Å². The minimum atomic E-state index is -0.466. The van der Waals surface area contributed by atoms with Gasteiger partial charge in [-0.1, -0.05) is 78.9 Å². The summed E-state index contributed by atoms with van der Waals surface area (Å²) in [5.74, 6) is -0.932. The zero-order chi connectivity index (χ0) is 16.5. The van der Waals surface area contributed by atoms with Gasteiger partial charge in [0.15, 0.2) is 0 Å². The van der Waals surface area contributed by atoms with Crippen molar-refractivity contribution in [2.75, 3.05) is 5.73 Å². The molecule has 0 unspecified atom stereocenters. The lowest BCUT2D eigenvalue weighted by Crippen LogP contribution is -2.14. The molecule has 3 nitrogen and oxygen atoms in total. The van der Waals surface area contributed by atoms with Gasteiger partial charge in [0.25, 0.3) is 0 Å². The summed E-state index contributed by atoms with van der Waals surface area (Å²) in [6, 6.07) is 26.6. The highest BCUT2D eigenvalue weighted by atomic mass is 16.2. The average molecular weight is 303 g/mol. The Morgan fingerprint density at radius 2 is 0.826 bits per heavy atom. The SMILES string of the molecule is Nc1ccccc1.O=C(C(=O)c1ccccc1)c1ccccc1. The Morgan fingerprint density at radius 1 is 0.522 bits per heavy atom. The van der Waals surface area contributed by atoms with Crippen molar-refractivity contribution in [1.29, 1.82) is 0 Å². The molecule has 23 heavy (non-hydrogen) atoms. The zero-order valence-corrected chi connectivity index (χ0v) is 12.6. The van der Waals surface area contributed by atoms with Crippen molar-refractivity contribution in [3.63, 3.8) is 0 Å². The maximum absolute atomic E-state index is 11.8. The normalized spacial score (nSPS) is 9.39. The fourth-order valence-corrected chi connectivity index (χ4v) is 1.89. The number of hydrogen-bond acceptors (Lipinski definition) is 3. The summed E-state index contributed by atoms with van der Waals surface area (Å²) in [7, 11) is 0. The summed E-state index contributed by atoms with van der Waals surface area (Å²) >= 11 is 0. The Labute approximate surface area is 135 Å². The summed E-state index contributed by atoms with van der Waals surface area (Å²) in [6.07, 6.45) is 0. The molecule has 0 saturated carbocycles. The molecule has 0 heterocycles. The number of para-hydroxylation sites is 1. The summed E-state index contributed by atoms with van der Waals surface area (Å²) in [4.78, 5) is 23.6. The van der Waals surface area contributed by atoms with Crippen LogP contribution in [0.5, 0.6) is 0 Å². The molecule has 0 saturated heterocycles. The molecule has 0 aliphatic heterocycles. The number of hydrogen-bond donors (Lipinski definition) is 1. The lowest BCUT2D eigenvalue weighted by Gasteiger charge is -1.99. The Bertz CT molecular complexity index is 704. The molecular weight excluding hydrogens is 286 g/mol. The molecule has 0 atom stereocenters. The van der Waals surface area contributed by atoms with Crippen LogP contribution < -0.4 is 5.73 Å². The quantitative estimate of drug-likeness (QED) is 0.451. The molecule has 3 heteroatoms. The van der Waals surface area contributed by atoms with E-state index >= 15 is 0 Å². The number of nitrogens with two attached hydrogens (primary N) is 1. The average Bonchev–Trinajstić information content (AvgIpc) is 2.63. The molecule has 0 aromatic heterocycles. The van der Waals surface area contributed by atoms with Gasteiger partial charge in [-0.3, -0.25) is 9.59 Å². The van der Waals surface area contributed by atoms with E-state index in [0.29, 0.717) is 11.1 Å². The number of ketones is 2. The number of anilines is 1. The van der Waals surface area contributed by atoms with E-state index < -0.39 is 11.6 Å². The molecule has 0 radical (unpaired) electrons. The van der Waals surface area contributed by atoms with Crippen LogP contribution in [0.3, 0.4) is 0 Å². The van der Waals surface area contributed by atoms with Crippen LogP contribution in [0, 0.1) is 0 Å². The van der Waals surface area contributed by atoms with Crippen LogP contribution in [-0.4, -0.2) is 11.6 Å². The van der Waals surface area contributed by atoms with Gasteiger partial charge in [-0.25, -0.2) is 0 Å². The van der Waals surface area contributed by atoms with Gasteiger partial charge in [0.05, 0.1) is 0 Å². The molecule has 0 fully saturated rings. The van der Waals surface area contributed by atoms with E-state index in [2.05, 4.69) is 0 Å². The van der Waals surface area contributed by atoms with Crippen LogP contribution in [0.1, 0.15) is 20.7 Å². The van der Waals surface area contributed by atoms with Gasteiger partial charge in [0, 0.05) is 16.8 Å². The van der Waals surface area contributed by atoms with Gasteiger partial charge in [0.1, 0.15) is 0 Å².